The van der Waals surface area contributed by atoms with Gasteiger partial charge in [0.1, 0.15) is 5.69 Å². The molecule has 0 saturated heterocycles. The zero-order chi connectivity index (χ0) is 8.93. The number of hydrogen-bond acceptors (Lipinski definition) is 2. The van der Waals surface area contributed by atoms with Crippen LogP contribution in [0.4, 0.5) is 5.69 Å². The highest BCUT2D eigenvalue weighted by molar-refractivity contribution is 5.34. The molecule has 1 aromatic carbocycles. The van der Waals surface area contributed by atoms with Crippen molar-refractivity contribution >= 4 is 5.69 Å². The second kappa shape index (κ2) is 3.71. The van der Waals surface area contributed by atoms with Gasteiger partial charge in [-0.2, -0.15) is 0 Å². The molecule has 4 nitrogen and oxygen atoms in total. The molecule has 0 aliphatic heterocycles. The van der Waals surface area contributed by atoms with Crippen LogP contribution in [0.2, 0.25) is 0 Å². The first-order valence-electron chi connectivity index (χ1n) is 4.03. The number of H-pyrrole nitrogens is 1. The molecule has 65 valence electrons. The van der Waals surface area contributed by atoms with Crippen LogP contribution < -0.4 is 5.32 Å². The Hall–Kier alpha value is -1.84. The number of nitrogens with zero attached hydrogens (tertiary/aromatic N) is 3. The van der Waals surface area contributed by atoms with Crippen LogP contribution in [0.1, 0.15) is 5.69 Å². The maximum absolute atomic E-state index is 4.33. The molecule has 1 aromatic heterocycles. The third kappa shape index (κ3) is 2.05. The van der Waals surface area contributed by atoms with Gasteiger partial charge in [-0.3, -0.25) is 10.4 Å². The summed E-state index contributed by atoms with van der Waals surface area (Å²) in [6.07, 6.45) is 1.74. The van der Waals surface area contributed by atoms with Crippen molar-refractivity contribution in [2.45, 2.75) is 6.54 Å². The quantitative estimate of drug-likeness (QED) is 0.759. The molecule has 0 spiro atoms. The van der Waals surface area contributed by atoms with E-state index in [4.69, 9.17) is 0 Å². The van der Waals surface area contributed by atoms with Crippen LogP contribution in [0.25, 0.3) is 0 Å². The Balaban J connectivity index is 1.94. The summed E-state index contributed by atoms with van der Waals surface area (Å²) >= 11 is 0. The Kier molecular flexibility index (Phi) is 2.22. The standard InChI is InChI=1S/C9H9N4/c1-2-4-8(5-3-1)10-6-9-7-11-13-12-9/h1-5,7H,6H2,(H,11,12,13). The van der Waals surface area contributed by atoms with Crippen molar-refractivity contribution in [3.63, 3.8) is 0 Å². The van der Waals surface area contributed by atoms with Crippen molar-refractivity contribution < 1.29 is 0 Å². The number of para-hydroxylation sites is 1. The summed E-state index contributed by atoms with van der Waals surface area (Å²) in [5, 5.41) is 14.4. The van der Waals surface area contributed by atoms with E-state index in [0.29, 0.717) is 6.54 Å². The van der Waals surface area contributed by atoms with Gasteiger partial charge in [0.2, 0.25) is 0 Å². The second-order valence-corrected chi connectivity index (χ2v) is 2.62. The molecule has 13 heavy (non-hydrogen) atoms. The van der Waals surface area contributed by atoms with E-state index in [9.17, 15) is 0 Å². The summed E-state index contributed by atoms with van der Waals surface area (Å²) in [6.45, 7) is 0.570. The van der Waals surface area contributed by atoms with Crippen molar-refractivity contribution in [2.75, 3.05) is 0 Å². The van der Waals surface area contributed by atoms with Crippen molar-refractivity contribution in [1.29, 1.82) is 0 Å². The second-order valence-electron chi connectivity index (χ2n) is 2.62. The molecule has 0 aliphatic carbocycles. The van der Waals surface area contributed by atoms with Crippen molar-refractivity contribution in [3.05, 3.63) is 42.2 Å². The van der Waals surface area contributed by atoms with Crippen molar-refractivity contribution in [1.82, 2.24) is 20.7 Å². The molecule has 0 aliphatic rings. The van der Waals surface area contributed by atoms with Gasteiger partial charge in [0.05, 0.1) is 12.2 Å². The third-order valence-corrected chi connectivity index (χ3v) is 1.65. The molecule has 0 atom stereocenters. The normalized spacial score (nSPS) is 9.85. The van der Waals surface area contributed by atoms with E-state index in [1.807, 2.05) is 30.3 Å². The predicted octanol–water partition coefficient (Wildman–Crippen LogP) is 1.24. The molecule has 4 heteroatoms. The summed E-state index contributed by atoms with van der Waals surface area (Å²) in [7, 11) is 0. The topological polar surface area (TPSA) is 55.7 Å². The third-order valence-electron chi connectivity index (χ3n) is 1.65. The first kappa shape index (κ1) is 7.79. The highest BCUT2D eigenvalue weighted by Gasteiger charge is 1.96. The van der Waals surface area contributed by atoms with E-state index < -0.39 is 0 Å². The fraction of sp³-hybridized carbons (Fsp3) is 0.111. The lowest BCUT2D eigenvalue weighted by atomic mass is 10.3. The van der Waals surface area contributed by atoms with E-state index in [-0.39, 0.29) is 0 Å². The Morgan fingerprint density at radius 2 is 2.08 bits per heavy atom. The molecule has 1 radical (unpaired) electrons. The summed E-state index contributed by atoms with van der Waals surface area (Å²) in [5.41, 5.74) is 1.81. The molecule has 1 heterocycles. The van der Waals surface area contributed by atoms with Crippen LogP contribution in [0.5, 0.6) is 0 Å². The van der Waals surface area contributed by atoms with Crippen LogP contribution in [0, 0.1) is 0 Å². The van der Waals surface area contributed by atoms with Crippen LogP contribution in [-0.4, -0.2) is 15.4 Å². The monoisotopic (exact) mass is 173 g/mol. The van der Waals surface area contributed by atoms with E-state index in [0.717, 1.165) is 11.4 Å². The molecule has 0 fully saturated rings. The zero-order valence-corrected chi connectivity index (χ0v) is 7.01. The molecule has 0 saturated carbocycles. The van der Waals surface area contributed by atoms with Crippen LogP contribution in [0.3, 0.4) is 0 Å². The number of nitrogens with one attached hydrogen (secondary N) is 1. The minimum atomic E-state index is 0.570. The van der Waals surface area contributed by atoms with Gasteiger partial charge in [-0.1, -0.05) is 23.4 Å². The first-order valence-corrected chi connectivity index (χ1v) is 4.03. The molecule has 2 rings (SSSR count). The molecular weight excluding hydrogens is 164 g/mol. The Morgan fingerprint density at radius 1 is 1.23 bits per heavy atom. The molecule has 0 unspecified atom stereocenters. The molecule has 2 aromatic rings. The maximum atomic E-state index is 4.33. The molecule has 0 bridgehead atoms. The maximum Gasteiger partial charge on any atom is 0.104 e. The Morgan fingerprint density at radius 3 is 2.77 bits per heavy atom. The summed E-state index contributed by atoms with van der Waals surface area (Å²) < 4.78 is 0. The smallest absolute Gasteiger partial charge is 0.104 e. The van der Waals surface area contributed by atoms with Gasteiger partial charge in [0, 0.05) is 6.20 Å². The van der Waals surface area contributed by atoms with E-state index in [2.05, 4.69) is 20.7 Å². The highest BCUT2D eigenvalue weighted by Crippen LogP contribution is 2.06. The largest absolute Gasteiger partial charge is 0.279 e. The first-order chi connectivity index (χ1) is 6.45. The van der Waals surface area contributed by atoms with Gasteiger partial charge in [-0.05, 0) is 12.1 Å². The zero-order valence-electron chi connectivity index (χ0n) is 7.01. The molecular formula is C9H9N4. The number of aromatic nitrogens is 3. The molecule has 1 N–H and O–H groups in total. The van der Waals surface area contributed by atoms with Gasteiger partial charge < -0.3 is 0 Å². The minimum Gasteiger partial charge on any atom is -0.279 e. The fourth-order valence-corrected chi connectivity index (χ4v) is 1.01. The Labute approximate surface area is 76.0 Å². The lowest BCUT2D eigenvalue weighted by Gasteiger charge is -1.98. The SMILES string of the molecule is c1ccc([N]Cc2c[nH]nn2)cc1. The van der Waals surface area contributed by atoms with Gasteiger partial charge in [-0.25, -0.2) is 0 Å². The number of aromatic amines is 1. The lowest BCUT2D eigenvalue weighted by Crippen LogP contribution is -1.97. The lowest BCUT2D eigenvalue weighted by molar-refractivity contribution is 0.814. The average Bonchev–Trinajstić information content (AvgIpc) is 2.69. The van der Waals surface area contributed by atoms with Gasteiger partial charge in [0.25, 0.3) is 0 Å². The van der Waals surface area contributed by atoms with Crippen molar-refractivity contribution in [2.24, 2.45) is 0 Å². The van der Waals surface area contributed by atoms with E-state index in [1.54, 1.807) is 6.20 Å². The minimum absolute atomic E-state index is 0.570. The summed E-state index contributed by atoms with van der Waals surface area (Å²) in [4.78, 5) is 0. The van der Waals surface area contributed by atoms with Crippen LogP contribution in [-0.2, 0) is 6.54 Å². The van der Waals surface area contributed by atoms with Crippen LogP contribution >= 0.6 is 0 Å². The summed E-state index contributed by atoms with van der Waals surface area (Å²) in [6, 6.07) is 9.80. The number of benzene rings is 1. The van der Waals surface area contributed by atoms with Gasteiger partial charge >= 0.3 is 0 Å². The van der Waals surface area contributed by atoms with Crippen LogP contribution in [0.15, 0.2) is 36.5 Å². The predicted molar refractivity (Wildman–Crippen MR) is 48.3 cm³/mol. The number of hydrogen-bond donors (Lipinski definition) is 1. The molecule has 0 amide bonds. The van der Waals surface area contributed by atoms with Crippen molar-refractivity contribution in [3.8, 4) is 0 Å². The van der Waals surface area contributed by atoms with E-state index in [1.165, 1.54) is 0 Å². The van der Waals surface area contributed by atoms with Gasteiger partial charge in [-0.15, -0.1) is 5.10 Å². The Bertz CT molecular complexity index is 341. The fourth-order valence-electron chi connectivity index (χ4n) is 1.01. The average molecular weight is 173 g/mol. The number of rotatable bonds is 3. The van der Waals surface area contributed by atoms with E-state index >= 15 is 0 Å². The highest BCUT2D eigenvalue weighted by atomic mass is 15.3. The van der Waals surface area contributed by atoms with Gasteiger partial charge in [0.15, 0.2) is 0 Å². The summed E-state index contributed by atoms with van der Waals surface area (Å²) in [5.74, 6) is 0.